The standard InChI is InChI=1S/C19H20Cl2N2O4/c1-11-8-18(27-12(2)16-5-4-14(20)10-22-16)15(21)9-17(11)23(13(3)24)7-6-19(25)26/h4-5,8-10,12H,6-7H2,1-3H3,(H,25,26)/t12-/m1/s1. The van der Waals surface area contributed by atoms with Crippen LogP contribution in [0.25, 0.3) is 0 Å². The predicted molar refractivity (Wildman–Crippen MR) is 105 cm³/mol. The molecule has 1 atom stereocenters. The molecular weight excluding hydrogens is 391 g/mol. The number of carboxylic acids is 1. The molecule has 0 radical (unpaired) electrons. The lowest BCUT2D eigenvalue weighted by Gasteiger charge is -2.24. The Morgan fingerprint density at radius 2 is 2.00 bits per heavy atom. The molecule has 1 aromatic heterocycles. The summed E-state index contributed by atoms with van der Waals surface area (Å²) in [6.45, 7) is 5.09. The Morgan fingerprint density at radius 1 is 1.30 bits per heavy atom. The Hall–Kier alpha value is -2.31. The van der Waals surface area contributed by atoms with E-state index in [-0.39, 0.29) is 25.0 Å². The summed E-state index contributed by atoms with van der Waals surface area (Å²) in [7, 11) is 0. The number of pyridine rings is 1. The van der Waals surface area contributed by atoms with Gasteiger partial charge in [-0.15, -0.1) is 0 Å². The van der Waals surface area contributed by atoms with E-state index in [9.17, 15) is 9.59 Å². The maximum Gasteiger partial charge on any atom is 0.305 e. The number of rotatable bonds is 7. The number of carbonyl (C=O) groups is 2. The molecule has 27 heavy (non-hydrogen) atoms. The molecule has 0 saturated carbocycles. The summed E-state index contributed by atoms with van der Waals surface area (Å²) in [5.41, 5.74) is 1.99. The van der Waals surface area contributed by atoms with Crippen molar-refractivity contribution in [2.24, 2.45) is 0 Å². The molecule has 144 valence electrons. The first-order valence-electron chi connectivity index (χ1n) is 8.27. The van der Waals surface area contributed by atoms with Gasteiger partial charge >= 0.3 is 5.97 Å². The number of aliphatic carboxylic acids is 1. The molecule has 0 fully saturated rings. The highest BCUT2D eigenvalue weighted by Crippen LogP contribution is 2.35. The maximum atomic E-state index is 11.9. The van der Waals surface area contributed by atoms with E-state index in [2.05, 4.69) is 4.98 Å². The highest BCUT2D eigenvalue weighted by atomic mass is 35.5. The lowest BCUT2D eigenvalue weighted by atomic mass is 10.1. The highest BCUT2D eigenvalue weighted by molar-refractivity contribution is 6.32. The van der Waals surface area contributed by atoms with Crippen molar-refractivity contribution in [2.75, 3.05) is 11.4 Å². The van der Waals surface area contributed by atoms with Crippen LogP contribution in [0.15, 0.2) is 30.5 Å². The highest BCUT2D eigenvalue weighted by Gasteiger charge is 2.19. The minimum Gasteiger partial charge on any atom is -0.483 e. The first-order chi connectivity index (χ1) is 12.7. The first-order valence-corrected chi connectivity index (χ1v) is 9.02. The average Bonchev–Trinajstić information content (AvgIpc) is 2.59. The molecule has 0 saturated heterocycles. The average molecular weight is 411 g/mol. The normalized spacial score (nSPS) is 11.7. The number of carbonyl (C=O) groups excluding carboxylic acids is 1. The lowest BCUT2D eigenvalue weighted by molar-refractivity contribution is -0.136. The van der Waals surface area contributed by atoms with Crippen molar-refractivity contribution in [1.82, 2.24) is 4.98 Å². The summed E-state index contributed by atoms with van der Waals surface area (Å²) in [6, 6.07) is 6.83. The molecule has 6 nitrogen and oxygen atoms in total. The van der Waals surface area contributed by atoms with Crippen LogP contribution in [0.2, 0.25) is 10.0 Å². The Balaban J connectivity index is 2.25. The molecule has 1 N–H and O–H groups in total. The number of nitrogens with zero attached hydrogens (tertiary/aromatic N) is 2. The molecule has 0 aliphatic heterocycles. The van der Waals surface area contributed by atoms with E-state index in [1.807, 2.05) is 6.92 Å². The van der Waals surface area contributed by atoms with Crippen LogP contribution in [0.3, 0.4) is 0 Å². The van der Waals surface area contributed by atoms with Gasteiger partial charge in [-0.05, 0) is 43.7 Å². The second-order valence-electron chi connectivity index (χ2n) is 6.04. The third-order valence-corrected chi connectivity index (χ3v) is 4.46. The molecular formula is C19H20Cl2N2O4. The molecule has 0 bridgehead atoms. The van der Waals surface area contributed by atoms with E-state index in [0.29, 0.717) is 27.2 Å². The summed E-state index contributed by atoms with van der Waals surface area (Å²) in [4.78, 5) is 28.4. The van der Waals surface area contributed by atoms with Gasteiger partial charge in [-0.25, -0.2) is 0 Å². The summed E-state index contributed by atoms with van der Waals surface area (Å²) in [5.74, 6) is -0.791. The number of hydrogen-bond donors (Lipinski definition) is 1. The number of aromatic nitrogens is 1. The predicted octanol–water partition coefficient (Wildman–Crippen LogP) is 4.66. The molecule has 0 unspecified atom stereocenters. The van der Waals surface area contributed by atoms with Crippen molar-refractivity contribution in [1.29, 1.82) is 0 Å². The van der Waals surface area contributed by atoms with Gasteiger partial charge in [-0.2, -0.15) is 0 Å². The third-order valence-electron chi connectivity index (χ3n) is 3.94. The van der Waals surface area contributed by atoms with Crippen LogP contribution in [0, 0.1) is 6.92 Å². The zero-order valence-electron chi connectivity index (χ0n) is 15.2. The molecule has 8 heteroatoms. The minimum absolute atomic E-state index is 0.0626. The van der Waals surface area contributed by atoms with E-state index in [4.69, 9.17) is 33.0 Å². The van der Waals surface area contributed by atoms with E-state index < -0.39 is 5.97 Å². The number of halogens is 2. The van der Waals surface area contributed by atoms with Gasteiger partial charge in [0.25, 0.3) is 0 Å². The van der Waals surface area contributed by atoms with Crippen molar-refractivity contribution in [3.05, 3.63) is 51.8 Å². The van der Waals surface area contributed by atoms with Gasteiger partial charge in [-0.1, -0.05) is 23.2 Å². The number of carboxylic acid groups (broad SMARTS) is 1. The van der Waals surface area contributed by atoms with Crippen LogP contribution in [-0.2, 0) is 9.59 Å². The Bertz CT molecular complexity index is 840. The number of anilines is 1. The van der Waals surface area contributed by atoms with Crippen LogP contribution < -0.4 is 9.64 Å². The number of aryl methyl sites for hydroxylation is 1. The summed E-state index contributed by atoms with van der Waals surface area (Å²) in [6.07, 6.45) is 1.02. The third kappa shape index (κ3) is 5.58. The van der Waals surface area contributed by atoms with Gasteiger partial charge in [0.15, 0.2) is 0 Å². The molecule has 1 aromatic carbocycles. The van der Waals surface area contributed by atoms with Crippen molar-refractivity contribution in [3.63, 3.8) is 0 Å². The van der Waals surface area contributed by atoms with Crippen LogP contribution in [-0.4, -0.2) is 28.5 Å². The van der Waals surface area contributed by atoms with Crippen molar-refractivity contribution >= 4 is 40.8 Å². The van der Waals surface area contributed by atoms with E-state index in [0.717, 1.165) is 5.56 Å². The summed E-state index contributed by atoms with van der Waals surface area (Å²) >= 11 is 12.2. The topological polar surface area (TPSA) is 79.7 Å². The van der Waals surface area contributed by atoms with E-state index in [1.54, 1.807) is 37.4 Å². The van der Waals surface area contributed by atoms with Gasteiger partial charge in [0.05, 0.1) is 22.2 Å². The van der Waals surface area contributed by atoms with E-state index >= 15 is 0 Å². The summed E-state index contributed by atoms with van der Waals surface area (Å²) in [5, 5.41) is 9.74. The first kappa shape index (κ1) is 21.0. The van der Waals surface area contributed by atoms with Gasteiger partial charge in [-0.3, -0.25) is 14.6 Å². The van der Waals surface area contributed by atoms with Crippen LogP contribution in [0.1, 0.15) is 37.6 Å². The monoisotopic (exact) mass is 410 g/mol. The molecule has 0 aliphatic rings. The van der Waals surface area contributed by atoms with Gasteiger partial charge in [0.1, 0.15) is 11.9 Å². The number of ether oxygens (including phenoxy) is 1. The number of hydrogen-bond acceptors (Lipinski definition) is 4. The van der Waals surface area contributed by atoms with Gasteiger partial charge in [0.2, 0.25) is 5.91 Å². The Kier molecular flexibility index (Phi) is 7.05. The lowest BCUT2D eigenvalue weighted by Crippen LogP contribution is -2.31. The molecule has 2 rings (SSSR count). The number of benzene rings is 1. The molecule has 1 amide bonds. The zero-order valence-corrected chi connectivity index (χ0v) is 16.7. The van der Waals surface area contributed by atoms with Crippen LogP contribution in [0.4, 0.5) is 5.69 Å². The molecule has 2 aromatic rings. The van der Waals surface area contributed by atoms with Crippen molar-refractivity contribution in [3.8, 4) is 5.75 Å². The second kappa shape index (κ2) is 9.06. The fourth-order valence-corrected chi connectivity index (χ4v) is 2.87. The SMILES string of the molecule is CC(=O)N(CCC(=O)O)c1cc(Cl)c(O[C@H](C)c2ccc(Cl)cn2)cc1C. The van der Waals surface area contributed by atoms with Crippen molar-refractivity contribution < 1.29 is 19.4 Å². The smallest absolute Gasteiger partial charge is 0.305 e. The molecule has 0 spiro atoms. The zero-order chi connectivity index (χ0) is 20.1. The Morgan fingerprint density at radius 3 is 2.56 bits per heavy atom. The van der Waals surface area contributed by atoms with Crippen molar-refractivity contribution in [2.45, 2.75) is 33.3 Å². The Labute approximate surface area is 167 Å². The second-order valence-corrected chi connectivity index (χ2v) is 6.89. The van der Waals surface area contributed by atoms with Crippen LogP contribution in [0.5, 0.6) is 5.75 Å². The van der Waals surface area contributed by atoms with Crippen LogP contribution >= 0.6 is 23.2 Å². The fraction of sp³-hybridized carbons (Fsp3) is 0.316. The number of amides is 1. The maximum absolute atomic E-state index is 11.9. The summed E-state index contributed by atoms with van der Waals surface area (Å²) < 4.78 is 5.91. The molecule has 1 heterocycles. The fourth-order valence-electron chi connectivity index (χ4n) is 2.56. The van der Waals surface area contributed by atoms with Gasteiger partial charge in [0, 0.05) is 25.4 Å². The largest absolute Gasteiger partial charge is 0.483 e. The van der Waals surface area contributed by atoms with Gasteiger partial charge < -0.3 is 14.7 Å². The molecule has 0 aliphatic carbocycles. The minimum atomic E-state index is -0.978. The van der Waals surface area contributed by atoms with E-state index in [1.165, 1.54) is 11.8 Å². The quantitative estimate of drug-likeness (QED) is 0.717.